The monoisotopic (exact) mass is 399 g/mol. The van der Waals surface area contributed by atoms with Crippen LogP contribution >= 0.6 is 0 Å². The first-order chi connectivity index (χ1) is 13.3. The molecule has 2 amide bonds. The lowest BCUT2D eigenvalue weighted by atomic mass is 9.90. The summed E-state index contributed by atoms with van der Waals surface area (Å²) in [5.41, 5.74) is 0. The van der Waals surface area contributed by atoms with E-state index in [2.05, 4.69) is 24.5 Å². The Hall–Kier alpha value is -1.71. The van der Waals surface area contributed by atoms with Crippen molar-refractivity contribution >= 4 is 17.8 Å². The van der Waals surface area contributed by atoms with Crippen molar-refractivity contribution in [2.24, 2.45) is 11.8 Å². The summed E-state index contributed by atoms with van der Waals surface area (Å²) in [6.45, 7) is 10.0. The highest BCUT2D eigenvalue weighted by Crippen LogP contribution is 2.18. The molecular weight excluding hydrogens is 366 g/mol. The Morgan fingerprint density at radius 2 is 1.93 bits per heavy atom. The average molecular weight is 399 g/mol. The van der Waals surface area contributed by atoms with E-state index in [1.165, 1.54) is 5.06 Å². The van der Waals surface area contributed by atoms with E-state index < -0.39 is 24.1 Å². The molecule has 28 heavy (non-hydrogen) atoms. The molecule has 0 radical (unpaired) electrons. The largest absolute Gasteiger partial charge is 0.426 e. The SMILES string of the molecule is CCC1OCC(=O)C1NC(=O)[C@H](CC(C)C(C)C)NC(=O)ON1CCOCC1. The Morgan fingerprint density at radius 3 is 2.54 bits per heavy atom. The lowest BCUT2D eigenvalue weighted by molar-refractivity contribution is -0.147. The minimum atomic E-state index is -0.795. The van der Waals surface area contributed by atoms with Gasteiger partial charge in [-0.15, -0.1) is 5.06 Å². The molecule has 4 atom stereocenters. The second-order valence-electron chi connectivity index (χ2n) is 7.78. The summed E-state index contributed by atoms with van der Waals surface area (Å²) in [6, 6.07) is -1.47. The van der Waals surface area contributed by atoms with Gasteiger partial charge >= 0.3 is 6.09 Å². The van der Waals surface area contributed by atoms with Crippen molar-refractivity contribution in [3.05, 3.63) is 0 Å². The number of rotatable bonds is 8. The highest BCUT2D eigenvalue weighted by atomic mass is 16.7. The Balaban J connectivity index is 1.99. The number of hydrogen-bond acceptors (Lipinski definition) is 7. The fourth-order valence-electron chi connectivity index (χ4n) is 3.16. The minimum absolute atomic E-state index is 0.00299. The summed E-state index contributed by atoms with van der Waals surface area (Å²) < 4.78 is 10.6. The van der Waals surface area contributed by atoms with Gasteiger partial charge in [-0.2, -0.15) is 0 Å². The molecule has 160 valence electrons. The molecule has 0 spiro atoms. The molecule has 0 saturated carbocycles. The quantitative estimate of drug-likeness (QED) is 0.624. The van der Waals surface area contributed by atoms with Crippen LogP contribution in [0.5, 0.6) is 0 Å². The van der Waals surface area contributed by atoms with Crippen LogP contribution in [0.3, 0.4) is 0 Å². The fourth-order valence-corrected chi connectivity index (χ4v) is 3.16. The normalized spacial score (nSPS) is 25.4. The number of ketones is 1. The molecule has 2 saturated heterocycles. The van der Waals surface area contributed by atoms with E-state index >= 15 is 0 Å². The Morgan fingerprint density at radius 1 is 1.25 bits per heavy atom. The zero-order chi connectivity index (χ0) is 20.7. The standard InChI is InChI=1S/C19H33N3O6/c1-5-16-17(15(23)11-27-16)21-18(24)14(10-13(4)12(2)3)20-19(25)28-22-6-8-26-9-7-22/h12-14,16-17H,5-11H2,1-4H3,(H,20,25)(H,21,24)/t13?,14-,16?,17?/m0/s1. The summed E-state index contributed by atoms with van der Waals surface area (Å²) in [4.78, 5) is 42.5. The molecule has 2 heterocycles. The smallest absolute Gasteiger partial charge is 0.379 e. The van der Waals surface area contributed by atoms with Gasteiger partial charge in [-0.1, -0.05) is 27.7 Å². The molecule has 0 aromatic carbocycles. The van der Waals surface area contributed by atoms with Crippen molar-refractivity contribution < 1.29 is 28.7 Å². The Labute approximate surface area is 166 Å². The van der Waals surface area contributed by atoms with Crippen molar-refractivity contribution in [2.75, 3.05) is 32.9 Å². The van der Waals surface area contributed by atoms with Gasteiger partial charge in [0, 0.05) is 0 Å². The number of amides is 2. The van der Waals surface area contributed by atoms with Gasteiger partial charge < -0.3 is 24.9 Å². The second-order valence-corrected chi connectivity index (χ2v) is 7.78. The maximum Gasteiger partial charge on any atom is 0.426 e. The van der Waals surface area contributed by atoms with Crippen LogP contribution in [0.15, 0.2) is 0 Å². The zero-order valence-corrected chi connectivity index (χ0v) is 17.2. The van der Waals surface area contributed by atoms with Gasteiger partial charge in [0.2, 0.25) is 5.91 Å². The first-order valence-corrected chi connectivity index (χ1v) is 10.1. The van der Waals surface area contributed by atoms with E-state index in [0.717, 1.165) is 0 Å². The number of carbonyl (C=O) groups excluding carboxylic acids is 3. The first-order valence-electron chi connectivity index (χ1n) is 10.1. The molecule has 9 nitrogen and oxygen atoms in total. The van der Waals surface area contributed by atoms with E-state index in [1.54, 1.807) is 0 Å². The maximum absolute atomic E-state index is 12.9. The van der Waals surface area contributed by atoms with Crippen LogP contribution < -0.4 is 10.6 Å². The first kappa shape index (κ1) is 22.6. The van der Waals surface area contributed by atoms with Crippen LogP contribution in [0.2, 0.25) is 0 Å². The number of hydroxylamine groups is 2. The average Bonchev–Trinajstić information content (AvgIpc) is 3.01. The summed E-state index contributed by atoms with van der Waals surface area (Å²) in [5, 5.41) is 6.94. The Kier molecular flexibility index (Phi) is 8.65. The number of nitrogens with zero attached hydrogens (tertiary/aromatic N) is 1. The van der Waals surface area contributed by atoms with E-state index in [9.17, 15) is 14.4 Å². The van der Waals surface area contributed by atoms with Gasteiger partial charge in [-0.25, -0.2) is 4.79 Å². The molecule has 2 aliphatic heterocycles. The third kappa shape index (κ3) is 6.42. The predicted octanol–water partition coefficient (Wildman–Crippen LogP) is 0.873. The topological polar surface area (TPSA) is 106 Å². The number of carbonyl (C=O) groups is 3. The molecule has 0 aromatic rings. The van der Waals surface area contributed by atoms with E-state index in [1.807, 2.05) is 13.8 Å². The van der Waals surface area contributed by atoms with E-state index in [4.69, 9.17) is 14.3 Å². The number of Topliss-reactive ketones (excluding diaryl/α,β-unsaturated/α-hetero) is 1. The van der Waals surface area contributed by atoms with Gasteiger partial charge in [-0.05, 0) is 24.7 Å². The van der Waals surface area contributed by atoms with Crippen LogP contribution in [-0.4, -0.2) is 73.9 Å². The maximum atomic E-state index is 12.9. The zero-order valence-electron chi connectivity index (χ0n) is 17.2. The summed E-state index contributed by atoms with van der Waals surface area (Å²) in [7, 11) is 0. The predicted molar refractivity (Wildman–Crippen MR) is 101 cm³/mol. The molecule has 2 aliphatic rings. The summed E-state index contributed by atoms with van der Waals surface area (Å²) in [6.07, 6.45) is 0.0512. The highest BCUT2D eigenvalue weighted by Gasteiger charge is 2.37. The number of ether oxygens (including phenoxy) is 2. The van der Waals surface area contributed by atoms with Crippen molar-refractivity contribution in [1.82, 2.24) is 15.7 Å². The number of nitrogens with one attached hydrogen (secondary N) is 2. The molecule has 3 unspecified atom stereocenters. The van der Waals surface area contributed by atoms with Crippen molar-refractivity contribution in [2.45, 2.75) is 58.7 Å². The third-order valence-electron chi connectivity index (χ3n) is 5.39. The number of hydrogen-bond donors (Lipinski definition) is 2. The highest BCUT2D eigenvalue weighted by molar-refractivity contribution is 5.94. The second kappa shape index (κ2) is 10.7. The Bertz CT molecular complexity index is 550. The van der Waals surface area contributed by atoms with Crippen LogP contribution in [-0.2, 0) is 23.9 Å². The molecule has 0 aromatic heterocycles. The van der Waals surface area contributed by atoms with Crippen LogP contribution in [0.4, 0.5) is 4.79 Å². The van der Waals surface area contributed by atoms with Crippen LogP contribution in [0.1, 0.15) is 40.5 Å². The molecule has 2 rings (SSSR count). The molecule has 2 N–H and O–H groups in total. The lowest BCUT2D eigenvalue weighted by Crippen LogP contribution is -2.54. The summed E-state index contributed by atoms with van der Waals surface area (Å²) in [5.74, 6) is -0.00961. The van der Waals surface area contributed by atoms with Crippen LogP contribution in [0, 0.1) is 11.8 Å². The summed E-state index contributed by atoms with van der Waals surface area (Å²) >= 11 is 0. The van der Waals surface area contributed by atoms with Gasteiger partial charge in [0.25, 0.3) is 0 Å². The molecule has 0 aliphatic carbocycles. The van der Waals surface area contributed by atoms with Gasteiger partial charge in [0.1, 0.15) is 18.7 Å². The third-order valence-corrected chi connectivity index (χ3v) is 5.39. The van der Waals surface area contributed by atoms with Crippen molar-refractivity contribution in [3.63, 3.8) is 0 Å². The lowest BCUT2D eigenvalue weighted by Gasteiger charge is -2.28. The van der Waals surface area contributed by atoms with E-state index in [-0.39, 0.29) is 24.4 Å². The van der Waals surface area contributed by atoms with Gasteiger partial charge in [0.05, 0.1) is 32.4 Å². The molecule has 9 heteroatoms. The minimum Gasteiger partial charge on any atom is -0.379 e. The van der Waals surface area contributed by atoms with E-state index in [0.29, 0.717) is 45.1 Å². The van der Waals surface area contributed by atoms with Gasteiger partial charge in [0.15, 0.2) is 5.78 Å². The number of morpholine rings is 1. The van der Waals surface area contributed by atoms with Gasteiger partial charge in [-0.3, -0.25) is 9.59 Å². The molecule has 0 bridgehead atoms. The molecular formula is C19H33N3O6. The molecule has 2 fully saturated rings. The fraction of sp³-hybridized carbons (Fsp3) is 0.842. The van der Waals surface area contributed by atoms with Crippen molar-refractivity contribution in [1.29, 1.82) is 0 Å². The van der Waals surface area contributed by atoms with Crippen LogP contribution in [0.25, 0.3) is 0 Å². The van der Waals surface area contributed by atoms with Crippen molar-refractivity contribution in [3.8, 4) is 0 Å².